The first-order chi connectivity index (χ1) is 12.3. The van der Waals surface area contributed by atoms with Crippen molar-refractivity contribution >= 4 is 28.9 Å². The molecule has 0 bridgehead atoms. The third kappa shape index (κ3) is 3.02. The van der Waals surface area contributed by atoms with E-state index >= 15 is 0 Å². The van der Waals surface area contributed by atoms with Crippen LogP contribution in [-0.2, 0) is 0 Å². The van der Waals surface area contributed by atoms with Gasteiger partial charge in [-0.3, -0.25) is 4.79 Å². The zero-order chi connectivity index (χ0) is 17.1. The highest BCUT2D eigenvalue weighted by atomic mass is 16.3. The summed E-state index contributed by atoms with van der Waals surface area (Å²) in [7, 11) is 0. The molecule has 0 amide bonds. The van der Waals surface area contributed by atoms with Crippen LogP contribution in [0.3, 0.4) is 0 Å². The Morgan fingerprint density at radius 2 is 1.44 bits per heavy atom. The first kappa shape index (κ1) is 15.2. The molecule has 1 aromatic heterocycles. The van der Waals surface area contributed by atoms with Crippen LogP contribution in [0.25, 0.3) is 22.6 Å². The SMILES string of the molecule is O=Cc1ccccc1/C=C(/c1ccccc1)c1cc2ccccc2o1. The zero-order valence-corrected chi connectivity index (χ0v) is 13.6. The fraction of sp³-hybridized carbons (Fsp3) is 0. The molecule has 120 valence electrons. The van der Waals surface area contributed by atoms with E-state index in [9.17, 15) is 4.79 Å². The highest BCUT2D eigenvalue weighted by Gasteiger charge is 2.12. The van der Waals surface area contributed by atoms with E-state index in [1.54, 1.807) is 0 Å². The van der Waals surface area contributed by atoms with E-state index < -0.39 is 0 Å². The molecule has 0 aliphatic rings. The number of hydrogen-bond acceptors (Lipinski definition) is 2. The van der Waals surface area contributed by atoms with Gasteiger partial charge in [-0.05, 0) is 29.3 Å². The molecule has 25 heavy (non-hydrogen) atoms. The van der Waals surface area contributed by atoms with Gasteiger partial charge in [0.05, 0.1) is 0 Å². The summed E-state index contributed by atoms with van der Waals surface area (Å²) in [5.41, 5.74) is 4.38. The average molecular weight is 324 g/mol. The quantitative estimate of drug-likeness (QED) is 0.349. The maximum Gasteiger partial charge on any atom is 0.150 e. The van der Waals surface area contributed by atoms with E-state index in [4.69, 9.17) is 4.42 Å². The zero-order valence-electron chi connectivity index (χ0n) is 13.6. The molecule has 0 saturated heterocycles. The van der Waals surface area contributed by atoms with Crippen LogP contribution in [0.4, 0.5) is 0 Å². The summed E-state index contributed by atoms with van der Waals surface area (Å²) in [5.74, 6) is 0.785. The Balaban J connectivity index is 1.93. The molecule has 0 unspecified atom stereocenters. The van der Waals surface area contributed by atoms with Crippen LogP contribution in [0.15, 0.2) is 89.3 Å². The van der Waals surface area contributed by atoms with Gasteiger partial charge in [0.1, 0.15) is 11.3 Å². The van der Waals surface area contributed by atoms with Crippen molar-refractivity contribution < 1.29 is 9.21 Å². The number of aldehydes is 1. The lowest BCUT2D eigenvalue weighted by atomic mass is 9.98. The first-order valence-corrected chi connectivity index (χ1v) is 8.15. The molecule has 4 rings (SSSR count). The number of carbonyl (C=O) groups excluding carboxylic acids is 1. The van der Waals surface area contributed by atoms with Gasteiger partial charge >= 0.3 is 0 Å². The van der Waals surface area contributed by atoms with E-state index in [1.807, 2.05) is 91.0 Å². The summed E-state index contributed by atoms with van der Waals surface area (Å²) in [6, 6.07) is 27.6. The Morgan fingerprint density at radius 3 is 2.20 bits per heavy atom. The number of benzene rings is 3. The lowest BCUT2D eigenvalue weighted by Gasteiger charge is -2.07. The molecule has 3 aromatic carbocycles. The lowest BCUT2D eigenvalue weighted by molar-refractivity contribution is 0.112. The highest BCUT2D eigenvalue weighted by molar-refractivity contribution is 5.96. The van der Waals surface area contributed by atoms with E-state index in [0.29, 0.717) is 5.56 Å². The van der Waals surface area contributed by atoms with Gasteiger partial charge in [0, 0.05) is 16.5 Å². The maximum atomic E-state index is 11.4. The predicted octanol–water partition coefficient (Wildman–Crippen LogP) is 5.83. The van der Waals surface area contributed by atoms with E-state index in [2.05, 4.69) is 0 Å². The van der Waals surface area contributed by atoms with Gasteiger partial charge in [-0.1, -0.05) is 72.8 Å². The third-order valence-electron chi connectivity index (χ3n) is 4.20. The monoisotopic (exact) mass is 324 g/mol. The molecule has 0 aliphatic heterocycles. The van der Waals surface area contributed by atoms with Gasteiger partial charge in [0.15, 0.2) is 6.29 Å². The second kappa shape index (κ2) is 6.62. The Morgan fingerprint density at radius 1 is 0.760 bits per heavy atom. The van der Waals surface area contributed by atoms with Crippen molar-refractivity contribution in [3.05, 3.63) is 107 Å². The van der Waals surface area contributed by atoms with Crippen LogP contribution in [-0.4, -0.2) is 6.29 Å². The summed E-state index contributed by atoms with van der Waals surface area (Å²) in [6.45, 7) is 0. The van der Waals surface area contributed by atoms with Crippen LogP contribution in [0.2, 0.25) is 0 Å². The van der Waals surface area contributed by atoms with Crippen LogP contribution < -0.4 is 0 Å². The van der Waals surface area contributed by atoms with Crippen LogP contribution in [0, 0.1) is 0 Å². The minimum absolute atomic E-state index is 0.659. The predicted molar refractivity (Wildman–Crippen MR) is 101 cm³/mol. The Labute approximate surface area is 146 Å². The number of carbonyl (C=O) groups is 1. The van der Waals surface area contributed by atoms with Crippen molar-refractivity contribution in [1.29, 1.82) is 0 Å². The molecule has 0 fully saturated rings. The summed E-state index contributed by atoms with van der Waals surface area (Å²) < 4.78 is 6.07. The smallest absolute Gasteiger partial charge is 0.150 e. The summed E-state index contributed by atoms with van der Waals surface area (Å²) in [6.07, 6.45) is 2.89. The van der Waals surface area contributed by atoms with Crippen molar-refractivity contribution in [3.63, 3.8) is 0 Å². The molecule has 1 heterocycles. The van der Waals surface area contributed by atoms with Gasteiger partial charge in [-0.25, -0.2) is 0 Å². The molecule has 0 spiro atoms. The van der Waals surface area contributed by atoms with Gasteiger partial charge in [0.25, 0.3) is 0 Å². The Hall–Kier alpha value is -3.39. The molecule has 0 aliphatic carbocycles. The number of hydrogen-bond donors (Lipinski definition) is 0. The maximum absolute atomic E-state index is 11.4. The second-order valence-electron chi connectivity index (χ2n) is 5.82. The molecule has 0 radical (unpaired) electrons. The van der Waals surface area contributed by atoms with Crippen molar-refractivity contribution in [1.82, 2.24) is 0 Å². The summed E-state index contributed by atoms with van der Waals surface area (Å²) in [4.78, 5) is 11.4. The largest absolute Gasteiger partial charge is 0.456 e. The van der Waals surface area contributed by atoms with E-state index in [1.165, 1.54) is 0 Å². The fourth-order valence-electron chi connectivity index (χ4n) is 2.93. The van der Waals surface area contributed by atoms with Crippen LogP contribution in [0.5, 0.6) is 0 Å². The Kier molecular flexibility index (Phi) is 4.01. The molecular weight excluding hydrogens is 308 g/mol. The number of rotatable bonds is 4. The van der Waals surface area contributed by atoms with E-state index in [0.717, 1.165) is 39.7 Å². The minimum Gasteiger partial charge on any atom is -0.456 e. The van der Waals surface area contributed by atoms with E-state index in [-0.39, 0.29) is 0 Å². The van der Waals surface area contributed by atoms with Gasteiger partial charge in [-0.15, -0.1) is 0 Å². The number of fused-ring (bicyclic) bond motifs is 1. The van der Waals surface area contributed by atoms with Crippen molar-refractivity contribution in [2.45, 2.75) is 0 Å². The highest BCUT2D eigenvalue weighted by Crippen LogP contribution is 2.31. The molecule has 2 heteroatoms. The lowest BCUT2D eigenvalue weighted by Crippen LogP contribution is -1.89. The fourth-order valence-corrected chi connectivity index (χ4v) is 2.93. The van der Waals surface area contributed by atoms with Gasteiger partial charge in [-0.2, -0.15) is 0 Å². The Bertz CT molecular complexity index is 1020. The standard InChI is InChI=1S/C23H16O2/c24-16-20-12-5-4-10-18(20)14-21(17-8-2-1-3-9-17)23-15-19-11-6-7-13-22(19)25-23/h1-16H/b21-14-. The van der Waals surface area contributed by atoms with Crippen LogP contribution >= 0.6 is 0 Å². The summed E-state index contributed by atoms with van der Waals surface area (Å²) >= 11 is 0. The molecule has 2 nitrogen and oxygen atoms in total. The van der Waals surface area contributed by atoms with Crippen molar-refractivity contribution in [2.24, 2.45) is 0 Å². The topological polar surface area (TPSA) is 30.2 Å². The molecule has 0 saturated carbocycles. The molecule has 0 N–H and O–H groups in total. The number of furan rings is 1. The third-order valence-corrected chi connectivity index (χ3v) is 4.20. The molecule has 4 aromatic rings. The van der Waals surface area contributed by atoms with Crippen LogP contribution in [0.1, 0.15) is 27.2 Å². The summed E-state index contributed by atoms with van der Waals surface area (Å²) in [5, 5.41) is 1.06. The normalized spacial score (nSPS) is 11.6. The van der Waals surface area contributed by atoms with Crippen molar-refractivity contribution in [3.8, 4) is 0 Å². The average Bonchev–Trinajstić information content (AvgIpc) is 3.11. The molecule has 0 atom stereocenters. The van der Waals surface area contributed by atoms with Gasteiger partial charge < -0.3 is 4.42 Å². The molecular formula is C23H16O2. The van der Waals surface area contributed by atoms with Crippen molar-refractivity contribution in [2.75, 3.05) is 0 Å². The second-order valence-corrected chi connectivity index (χ2v) is 5.82. The first-order valence-electron chi connectivity index (χ1n) is 8.15. The van der Waals surface area contributed by atoms with Gasteiger partial charge in [0.2, 0.25) is 0 Å². The number of para-hydroxylation sites is 1. The minimum atomic E-state index is 0.659.